The Bertz CT molecular complexity index is 205. The second kappa shape index (κ2) is 15.2. The molecule has 98 valence electrons. The molecule has 0 aromatic heterocycles. The Morgan fingerprint density at radius 3 is 2.29 bits per heavy atom. The fraction of sp³-hybridized carbons (Fsp3) is 0.800. The first kappa shape index (κ1) is 16.2. The molecule has 0 heterocycles. The van der Waals surface area contributed by atoms with Crippen LogP contribution in [0.25, 0.3) is 0 Å². The van der Waals surface area contributed by atoms with Gasteiger partial charge in [0.15, 0.2) is 0 Å². The van der Waals surface area contributed by atoms with Crippen molar-refractivity contribution in [1.82, 2.24) is 0 Å². The summed E-state index contributed by atoms with van der Waals surface area (Å²) < 4.78 is 5.31. The summed E-state index contributed by atoms with van der Waals surface area (Å²) in [6.45, 7) is 3.64. The Kier molecular flexibility index (Phi) is 14.5. The highest BCUT2D eigenvalue weighted by Gasteiger charge is 1.89. The van der Waals surface area contributed by atoms with E-state index < -0.39 is 0 Å². The number of hydrogen-bond acceptors (Lipinski definition) is 2. The third-order valence-electron chi connectivity index (χ3n) is 2.66. The molecule has 0 aromatic rings. The van der Waals surface area contributed by atoms with Crippen LogP contribution in [0.15, 0.2) is 12.2 Å². The average Bonchev–Trinajstić information content (AvgIpc) is 2.35. The first-order valence-electron chi connectivity index (χ1n) is 7.01. The molecule has 0 aromatic carbocycles. The third kappa shape index (κ3) is 15.2. The van der Waals surface area contributed by atoms with Crippen LogP contribution >= 0.6 is 0 Å². The fourth-order valence-corrected chi connectivity index (χ4v) is 1.61. The molecule has 0 atom stereocenters. The summed E-state index contributed by atoms with van der Waals surface area (Å²) in [6.07, 6.45) is 15.2. The number of nitrogens with zero attached hydrogens (tertiary/aromatic N) is 1. The predicted molar refractivity (Wildman–Crippen MR) is 72.8 cm³/mol. The lowest BCUT2D eigenvalue weighted by atomic mass is 10.1. The Hall–Kier alpha value is -0.810. The van der Waals surface area contributed by atoms with E-state index in [2.05, 4.69) is 25.1 Å². The van der Waals surface area contributed by atoms with Gasteiger partial charge in [0.2, 0.25) is 0 Å². The van der Waals surface area contributed by atoms with Gasteiger partial charge in [-0.3, -0.25) is 0 Å². The van der Waals surface area contributed by atoms with E-state index >= 15 is 0 Å². The molecule has 0 N–H and O–H groups in total. The standard InChI is InChI=1S/C15H27NO/c1-2-3-4-5-6-7-8-9-10-11-14-17-15-12-13-16/h6-7H,2-5,8-12,14-15H2,1H3/b7-6+. The van der Waals surface area contributed by atoms with Crippen molar-refractivity contribution in [3.05, 3.63) is 12.2 Å². The second-order valence-electron chi connectivity index (χ2n) is 4.34. The molecule has 0 saturated carbocycles. The Morgan fingerprint density at radius 2 is 1.65 bits per heavy atom. The van der Waals surface area contributed by atoms with Gasteiger partial charge in [-0.2, -0.15) is 5.26 Å². The van der Waals surface area contributed by atoms with Crippen LogP contribution in [0.2, 0.25) is 0 Å². The monoisotopic (exact) mass is 237 g/mol. The average molecular weight is 237 g/mol. The number of ether oxygens (including phenoxy) is 1. The van der Waals surface area contributed by atoms with E-state index in [4.69, 9.17) is 10.00 Å². The Morgan fingerprint density at radius 1 is 0.941 bits per heavy atom. The van der Waals surface area contributed by atoms with Gasteiger partial charge in [0.1, 0.15) is 0 Å². The van der Waals surface area contributed by atoms with E-state index in [1.165, 1.54) is 44.9 Å². The zero-order chi connectivity index (χ0) is 12.6. The molecule has 0 unspecified atom stereocenters. The highest BCUT2D eigenvalue weighted by molar-refractivity contribution is 4.81. The van der Waals surface area contributed by atoms with E-state index in [0.717, 1.165) is 13.0 Å². The van der Waals surface area contributed by atoms with Gasteiger partial charge in [0.25, 0.3) is 0 Å². The van der Waals surface area contributed by atoms with Crippen LogP contribution in [0.5, 0.6) is 0 Å². The van der Waals surface area contributed by atoms with Crippen molar-refractivity contribution >= 4 is 0 Å². The highest BCUT2D eigenvalue weighted by Crippen LogP contribution is 2.04. The zero-order valence-electron chi connectivity index (χ0n) is 11.3. The van der Waals surface area contributed by atoms with E-state index in [1.54, 1.807) is 0 Å². The molecule has 0 bridgehead atoms. The molecule has 0 spiro atoms. The molecule has 0 radical (unpaired) electrons. The van der Waals surface area contributed by atoms with Crippen molar-refractivity contribution in [3.63, 3.8) is 0 Å². The lowest BCUT2D eigenvalue weighted by Crippen LogP contribution is -1.95. The summed E-state index contributed by atoms with van der Waals surface area (Å²) in [4.78, 5) is 0. The summed E-state index contributed by atoms with van der Waals surface area (Å²) in [7, 11) is 0. The molecule has 17 heavy (non-hydrogen) atoms. The number of nitriles is 1. The van der Waals surface area contributed by atoms with Crippen LogP contribution in [0.4, 0.5) is 0 Å². The van der Waals surface area contributed by atoms with E-state index in [1.807, 2.05) is 0 Å². The molecule has 0 rings (SSSR count). The van der Waals surface area contributed by atoms with E-state index in [0.29, 0.717) is 13.0 Å². The van der Waals surface area contributed by atoms with Gasteiger partial charge in [-0.25, -0.2) is 0 Å². The van der Waals surface area contributed by atoms with Gasteiger partial charge in [-0.15, -0.1) is 0 Å². The van der Waals surface area contributed by atoms with Crippen LogP contribution in [0.3, 0.4) is 0 Å². The first-order chi connectivity index (χ1) is 8.41. The second-order valence-corrected chi connectivity index (χ2v) is 4.34. The van der Waals surface area contributed by atoms with E-state index in [9.17, 15) is 0 Å². The molecule has 2 nitrogen and oxygen atoms in total. The maximum atomic E-state index is 8.31. The van der Waals surface area contributed by atoms with E-state index in [-0.39, 0.29) is 0 Å². The minimum atomic E-state index is 0.514. The van der Waals surface area contributed by atoms with Crippen molar-refractivity contribution in [3.8, 4) is 6.07 Å². The minimum Gasteiger partial charge on any atom is -0.380 e. The number of hydrogen-bond donors (Lipinski definition) is 0. The van der Waals surface area contributed by atoms with Gasteiger partial charge in [0, 0.05) is 6.61 Å². The van der Waals surface area contributed by atoms with Crippen LogP contribution in [0, 0.1) is 11.3 Å². The van der Waals surface area contributed by atoms with Gasteiger partial charge in [-0.1, -0.05) is 38.3 Å². The molecule has 0 aliphatic rings. The maximum absolute atomic E-state index is 8.31. The molecule has 0 amide bonds. The maximum Gasteiger partial charge on any atom is 0.0645 e. The first-order valence-corrected chi connectivity index (χ1v) is 7.01. The molecular weight excluding hydrogens is 210 g/mol. The van der Waals surface area contributed by atoms with Crippen LogP contribution in [-0.2, 0) is 4.74 Å². The Balaban J connectivity index is 3.00. The lowest BCUT2D eigenvalue weighted by Gasteiger charge is -2.00. The van der Waals surface area contributed by atoms with Crippen molar-refractivity contribution in [2.75, 3.05) is 13.2 Å². The topological polar surface area (TPSA) is 33.0 Å². The molecule has 0 saturated heterocycles. The van der Waals surface area contributed by atoms with Gasteiger partial charge < -0.3 is 4.74 Å². The molecular formula is C15H27NO. The van der Waals surface area contributed by atoms with Crippen LogP contribution in [0.1, 0.15) is 64.7 Å². The van der Waals surface area contributed by atoms with Crippen LogP contribution in [-0.4, -0.2) is 13.2 Å². The SMILES string of the molecule is CCCCC/C=C/CCCCCOCCC#N. The number of rotatable bonds is 12. The van der Waals surface area contributed by atoms with Gasteiger partial charge in [-0.05, 0) is 32.1 Å². The summed E-state index contributed by atoms with van der Waals surface area (Å²) >= 11 is 0. The van der Waals surface area contributed by atoms with Gasteiger partial charge in [0.05, 0.1) is 19.1 Å². The number of allylic oxidation sites excluding steroid dienone is 2. The smallest absolute Gasteiger partial charge is 0.0645 e. The lowest BCUT2D eigenvalue weighted by molar-refractivity contribution is 0.135. The summed E-state index contributed by atoms with van der Waals surface area (Å²) in [5, 5.41) is 8.31. The third-order valence-corrected chi connectivity index (χ3v) is 2.66. The van der Waals surface area contributed by atoms with Gasteiger partial charge >= 0.3 is 0 Å². The molecule has 0 aliphatic heterocycles. The van der Waals surface area contributed by atoms with Crippen molar-refractivity contribution in [2.45, 2.75) is 64.7 Å². The van der Waals surface area contributed by atoms with Crippen LogP contribution < -0.4 is 0 Å². The quantitative estimate of drug-likeness (QED) is 0.367. The molecule has 2 heteroatoms. The summed E-state index contributed by atoms with van der Waals surface area (Å²) in [5.41, 5.74) is 0. The van der Waals surface area contributed by atoms with Crippen molar-refractivity contribution in [1.29, 1.82) is 5.26 Å². The molecule has 0 fully saturated rings. The minimum absolute atomic E-state index is 0.514. The molecule has 0 aliphatic carbocycles. The summed E-state index contributed by atoms with van der Waals surface area (Å²) in [6, 6.07) is 2.07. The van der Waals surface area contributed by atoms with Crippen molar-refractivity contribution in [2.24, 2.45) is 0 Å². The Labute approximate surface area is 107 Å². The normalized spacial score (nSPS) is 10.8. The number of unbranched alkanes of at least 4 members (excludes halogenated alkanes) is 6. The summed E-state index contributed by atoms with van der Waals surface area (Å²) in [5.74, 6) is 0. The fourth-order valence-electron chi connectivity index (χ4n) is 1.61. The highest BCUT2D eigenvalue weighted by atomic mass is 16.5. The predicted octanol–water partition coefficient (Wildman–Crippen LogP) is 4.61. The zero-order valence-corrected chi connectivity index (χ0v) is 11.3. The largest absolute Gasteiger partial charge is 0.380 e. The van der Waals surface area contributed by atoms with Crippen molar-refractivity contribution < 1.29 is 4.74 Å².